The molecule has 0 aliphatic carbocycles. The number of fused-ring (bicyclic) bond motifs is 1. The molecule has 0 spiro atoms. The van der Waals surface area contributed by atoms with Crippen LogP contribution in [0.4, 0.5) is 0 Å². The Balaban J connectivity index is 1.84. The van der Waals surface area contributed by atoms with Crippen LogP contribution < -0.4 is 5.32 Å². The van der Waals surface area contributed by atoms with Gasteiger partial charge in [0.1, 0.15) is 11.9 Å². The molecule has 1 atom stereocenters. The number of nitrogens with zero attached hydrogens (tertiary/aromatic N) is 3. The van der Waals surface area contributed by atoms with E-state index in [0.717, 1.165) is 55.8 Å². The van der Waals surface area contributed by atoms with Crippen molar-refractivity contribution in [2.45, 2.75) is 24.8 Å². The van der Waals surface area contributed by atoms with Gasteiger partial charge in [-0.1, -0.05) is 0 Å². The average molecular weight is 240 g/mol. The van der Waals surface area contributed by atoms with Gasteiger partial charge in [0.15, 0.2) is 5.82 Å². The third-order valence-electron chi connectivity index (χ3n) is 2.98. The largest absolute Gasteiger partial charge is 0.369 e. The van der Waals surface area contributed by atoms with Gasteiger partial charge in [-0.15, -0.1) is 10.2 Å². The summed E-state index contributed by atoms with van der Waals surface area (Å²) in [7, 11) is 0. The standard InChI is InChI=1S/C10H16N4OS/c1-2-11-6-8(15-4-1)10-13-12-9-7-16-5-3-14(9)10/h8,11H,1-7H2. The normalized spacial score (nSPS) is 26.1. The van der Waals surface area contributed by atoms with Crippen LogP contribution in [0.3, 0.4) is 0 Å². The van der Waals surface area contributed by atoms with E-state index < -0.39 is 0 Å². The van der Waals surface area contributed by atoms with E-state index in [2.05, 4.69) is 20.1 Å². The molecule has 0 bridgehead atoms. The molecule has 2 aliphatic rings. The second kappa shape index (κ2) is 4.73. The fourth-order valence-electron chi connectivity index (χ4n) is 2.14. The molecule has 3 heterocycles. The fourth-order valence-corrected chi connectivity index (χ4v) is 2.99. The fraction of sp³-hybridized carbons (Fsp3) is 0.800. The highest BCUT2D eigenvalue weighted by atomic mass is 32.2. The van der Waals surface area contributed by atoms with Crippen molar-refractivity contribution in [3.8, 4) is 0 Å². The van der Waals surface area contributed by atoms with E-state index in [9.17, 15) is 0 Å². The highest BCUT2D eigenvalue weighted by Crippen LogP contribution is 2.23. The van der Waals surface area contributed by atoms with Crippen molar-refractivity contribution in [2.75, 3.05) is 25.4 Å². The Morgan fingerprint density at radius 2 is 2.44 bits per heavy atom. The van der Waals surface area contributed by atoms with E-state index in [1.807, 2.05) is 11.8 Å². The van der Waals surface area contributed by atoms with Gasteiger partial charge in [0.05, 0.1) is 5.75 Å². The lowest BCUT2D eigenvalue weighted by molar-refractivity contribution is 0.0579. The molecule has 5 nitrogen and oxygen atoms in total. The van der Waals surface area contributed by atoms with Crippen molar-refractivity contribution in [3.63, 3.8) is 0 Å². The molecule has 0 aromatic carbocycles. The minimum Gasteiger partial charge on any atom is -0.369 e. The Kier molecular flexibility index (Phi) is 3.12. The molecule has 6 heteroatoms. The van der Waals surface area contributed by atoms with Crippen LogP contribution in [0.15, 0.2) is 0 Å². The smallest absolute Gasteiger partial charge is 0.163 e. The number of thioether (sulfide) groups is 1. The molecular formula is C10H16N4OS. The van der Waals surface area contributed by atoms with Crippen molar-refractivity contribution in [1.29, 1.82) is 0 Å². The zero-order valence-electron chi connectivity index (χ0n) is 9.19. The molecule has 16 heavy (non-hydrogen) atoms. The minimum atomic E-state index is 0.0758. The molecule has 1 aromatic rings. The Hall–Kier alpha value is -0.590. The zero-order valence-corrected chi connectivity index (χ0v) is 10.0. The predicted molar refractivity (Wildman–Crippen MR) is 62.4 cm³/mol. The molecule has 0 saturated carbocycles. The van der Waals surface area contributed by atoms with Crippen molar-refractivity contribution < 1.29 is 4.74 Å². The average Bonchev–Trinajstić information content (AvgIpc) is 2.57. The SMILES string of the molecule is C1CNCC(c2nnc3n2CCSC3)OC1. The lowest BCUT2D eigenvalue weighted by Crippen LogP contribution is -2.24. The highest BCUT2D eigenvalue weighted by molar-refractivity contribution is 7.98. The molecule has 1 fully saturated rings. The van der Waals surface area contributed by atoms with Gasteiger partial charge in [-0.25, -0.2) is 0 Å². The summed E-state index contributed by atoms with van der Waals surface area (Å²) in [4.78, 5) is 0. The maximum Gasteiger partial charge on any atom is 0.163 e. The van der Waals surface area contributed by atoms with Crippen molar-refractivity contribution in [1.82, 2.24) is 20.1 Å². The van der Waals surface area contributed by atoms with Gasteiger partial charge in [-0.05, 0) is 13.0 Å². The maximum absolute atomic E-state index is 5.82. The summed E-state index contributed by atoms with van der Waals surface area (Å²) in [5.41, 5.74) is 0. The number of ether oxygens (including phenoxy) is 1. The summed E-state index contributed by atoms with van der Waals surface area (Å²) in [5, 5.41) is 11.9. The predicted octanol–water partition coefficient (Wildman–Crippen LogP) is 0.576. The number of hydrogen-bond donors (Lipinski definition) is 1. The number of nitrogens with one attached hydrogen (secondary N) is 1. The number of rotatable bonds is 1. The van der Waals surface area contributed by atoms with Gasteiger partial charge >= 0.3 is 0 Å². The van der Waals surface area contributed by atoms with Crippen molar-refractivity contribution in [3.05, 3.63) is 11.6 Å². The first-order chi connectivity index (χ1) is 7.95. The van der Waals surface area contributed by atoms with Gasteiger partial charge < -0.3 is 14.6 Å². The molecule has 0 radical (unpaired) electrons. The molecule has 2 aliphatic heterocycles. The molecule has 0 amide bonds. The van der Waals surface area contributed by atoms with Gasteiger partial charge in [0, 0.05) is 25.4 Å². The topological polar surface area (TPSA) is 52.0 Å². The Labute approximate surface area is 99.0 Å². The summed E-state index contributed by atoms with van der Waals surface area (Å²) in [6.07, 6.45) is 1.15. The van der Waals surface area contributed by atoms with Crippen LogP contribution in [-0.4, -0.2) is 40.2 Å². The van der Waals surface area contributed by atoms with Gasteiger partial charge in [0.2, 0.25) is 0 Å². The third kappa shape index (κ3) is 1.97. The first-order valence-electron chi connectivity index (χ1n) is 5.77. The van der Waals surface area contributed by atoms with E-state index in [1.54, 1.807) is 0 Å². The Morgan fingerprint density at radius 3 is 3.44 bits per heavy atom. The van der Waals surface area contributed by atoms with E-state index in [1.165, 1.54) is 0 Å². The number of hydrogen-bond acceptors (Lipinski definition) is 5. The maximum atomic E-state index is 5.82. The van der Waals surface area contributed by atoms with Crippen LogP contribution in [-0.2, 0) is 17.0 Å². The van der Waals surface area contributed by atoms with Gasteiger partial charge in [-0.3, -0.25) is 0 Å². The lowest BCUT2D eigenvalue weighted by Gasteiger charge is -2.19. The van der Waals surface area contributed by atoms with Gasteiger partial charge in [0.25, 0.3) is 0 Å². The van der Waals surface area contributed by atoms with E-state index >= 15 is 0 Å². The van der Waals surface area contributed by atoms with E-state index in [-0.39, 0.29) is 6.10 Å². The summed E-state index contributed by atoms with van der Waals surface area (Å²) in [5.74, 6) is 4.23. The Bertz CT molecular complexity index is 360. The summed E-state index contributed by atoms with van der Waals surface area (Å²) >= 11 is 1.92. The highest BCUT2D eigenvalue weighted by Gasteiger charge is 2.24. The first kappa shape index (κ1) is 10.6. The van der Waals surface area contributed by atoms with Crippen LogP contribution >= 0.6 is 11.8 Å². The third-order valence-corrected chi connectivity index (χ3v) is 3.91. The number of aromatic nitrogens is 3. The van der Waals surface area contributed by atoms with Crippen LogP contribution in [0.5, 0.6) is 0 Å². The Morgan fingerprint density at radius 1 is 1.44 bits per heavy atom. The summed E-state index contributed by atoms with van der Waals surface area (Å²) < 4.78 is 8.05. The van der Waals surface area contributed by atoms with Crippen LogP contribution in [0.2, 0.25) is 0 Å². The summed E-state index contributed by atoms with van der Waals surface area (Å²) in [6.45, 7) is 3.72. The van der Waals surface area contributed by atoms with Crippen molar-refractivity contribution in [2.24, 2.45) is 0 Å². The minimum absolute atomic E-state index is 0.0758. The van der Waals surface area contributed by atoms with Crippen LogP contribution in [0.25, 0.3) is 0 Å². The van der Waals surface area contributed by atoms with Crippen LogP contribution in [0, 0.1) is 0 Å². The van der Waals surface area contributed by atoms with E-state index in [0.29, 0.717) is 0 Å². The quantitative estimate of drug-likeness (QED) is 0.778. The van der Waals surface area contributed by atoms with Crippen LogP contribution in [0.1, 0.15) is 24.2 Å². The molecule has 1 unspecified atom stereocenters. The molecular weight excluding hydrogens is 224 g/mol. The van der Waals surface area contributed by atoms with E-state index in [4.69, 9.17) is 4.74 Å². The first-order valence-corrected chi connectivity index (χ1v) is 6.92. The zero-order chi connectivity index (χ0) is 10.8. The lowest BCUT2D eigenvalue weighted by atomic mass is 10.3. The van der Waals surface area contributed by atoms with Gasteiger partial charge in [-0.2, -0.15) is 11.8 Å². The second-order valence-electron chi connectivity index (χ2n) is 4.10. The molecule has 1 aromatic heterocycles. The molecule has 88 valence electrons. The molecule has 3 rings (SSSR count). The monoisotopic (exact) mass is 240 g/mol. The van der Waals surface area contributed by atoms with Crippen molar-refractivity contribution >= 4 is 11.8 Å². The second-order valence-corrected chi connectivity index (χ2v) is 5.20. The summed E-state index contributed by atoms with van der Waals surface area (Å²) in [6, 6.07) is 0. The molecule has 1 saturated heterocycles. The molecule has 1 N–H and O–H groups in total.